The minimum absolute atomic E-state index is 0.224. The fraction of sp³-hybridized carbons (Fsp3) is 0.417. The second kappa shape index (κ2) is 4.45. The van der Waals surface area contributed by atoms with E-state index >= 15 is 0 Å². The molecular weight excluding hydrogens is 233 g/mol. The van der Waals surface area contributed by atoms with Crippen LogP contribution in [0.5, 0.6) is 0 Å². The van der Waals surface area contributed by atoms with Crippen LogP contribution in [0.25, 0.3) is 11.4 Å². The highest BCUT2D eigenvalue weighted by molar-refractivity contribution is 5.54. The van der Waals surface area contributed by atoms with Crippen LogP contribution in [0.1, 0.15) is 25.2 Å². The number of hydrogen-bond acceptors (Lipinski definition) is 4. The van der Waals surface area contributed by atoms with Crippen molar-refractivity contribution in [3.8, 4) is 11.4 Å². The van der Waals surface area contributed by atoms with Gasteiger partial charge < -0.3 is 9.88 Å². The first-order chi connectivity index (χ1) is 8.79. The summed E-state index contributed by atoms with van der Waals surface area (Å²) in [6, 6.07) is 1.66. The first kappa shape index (κ1) is 11.3. The molecule has 1 aliphatic rings. The molecule has 18 heavy (non-hydrogen) atoms. The third-order valence-electron chi connectivity index (χ3n) is 3.19. The standard InChI is InChI=1S/C12H14FN5/c1-2-10-12-17-16-11(18(12)4-3-15-10)8-5-9(13)7-14-6-8/h5-7,10,15H,2-4H2,1H3. The van der Waals surface area contributed by atoms with E-state index in [2.05, 4.69) is 27.4 Å². The van der Waals surface area contributed by atoms with Crippen LogP contribution in [0.3, 0.4) is 0 Å². The molecule has 1 atom stereocenters. The van der Waals surface area contributed by atoms with Crippen molar-refractivity contribution in [2.45, 2.75) is 25.9 Å². The Balaban J connectivity index is 2.07. The van der Waals surface area contributed by atoms with E-state index in [4.69, 9.17) is 0 Å². The molecule has 2 aromatic rings. The van der Waals surface area contributed by atoms with Crippen LogP contribution in [0.2, 0.25) is 0 Å². The molecule has 1 N–H and O–H groups in total. The van der Waals surface area contributed by atoms with Crippen LogP contribution in [0.15, 0.2) is 18.5 Å². The fourth-order valence-corrected chi connectivity index (χ4v) is 2.31. The second-order valence-corrected chi connectivity index (χ2v) is 4.34. The van der Waals surface area contributed by atoms with Crippen LogP contribution >= 0.6 is 0 Å². The predicted molar refractivity (Wildman–Crippen MR) is 64.2 cm³/mol. The summed E-state index contributed by atoms with van der Waals surface area (Å²) in [4.78, 5) is 3.86. The van der Waals surface area contributed by atoms with Gasteiger partial charge in [-0.25, -0.2) is 4.39 Å². The van der Waals surface area contributed by atoms with Crippen molar-refractivity contribution in [2.75, 3.05) is 6.54 Å². The Bertz CT molecular complexity index is 565. The zero-order chi connectivity index (χ0) is 12.5. The van der Waals surface area contributed by atoms with E-state index in [1.807, 2.05) is 4.57 Å². The molecule has 0 saturated carbocycles. The van der Waals surface area contributed by atoms with Gasteiger partial charge in [0.15, 0.2) is 11.6 Å². The highest BCUT2D eigenvalue weighted by Gasteiger charge is 2.24. The average Bonchev–Trinajstić information content (AvgIpc) is 2.82. The minimum atomic E-state index is -0.356. The third-order valence-corrected chi connectivity index (χ3v) is 3.19. The van der Waals surface area contributed by atoms with Crippen molar-refractivity contribution in [3.63, 3.8) is 0 Å². The van der Waals surface area contributed by atoms with Crippen molar-refractivity contribution in [1.29, 1.82) is 0 Å². The molecule has 1 unspecified atom stereocenters. The Morgan fingerprint density at radius 2 is 2.33 bits per heavy atom. The number of aromatic nitrogens is 4. The van der Waals surface area contributed by atoms with Gasteiger partial charge in [-0.1, -0.05) is 6.92 Å². The largest absolute Gasteiger partial charge is 0.308 e. The van der Waals surface area contributed by atoms with Crippen LogP contribution in [0, 0.1) is 5.82 Å². The van der Waals surface area contributed by atoms with Gasteiger partial charge in [0.05, 0.1) is 12.2 Å². The van der Waals surface area contributed by atoms with E-state index in [9.17, 15) is 4.39 Å². The molecular formula is C12H14FN5. The fourth-order valence-electron chi connectivity index (χ4n) is 2.31. The Morgan fingerprint density at radius 3 is 3.11 bits per heavy atom. The first-order valence-corrected chi connectivity index (χ1v) is 6.07. The minimum Gasteiger partial charge on any atom is -0.308 e. The quantitative estimate of drug-likeness (QED) is 0.874. The normalized spacial score (nSPS) is 18.7. The highest BCUT2D eigenvalue weighted by atomic mass is 19.1. The number of pyridine rings is 1. The Hall–Kier alpha value is -1.82. The number of nitrogens with zero attached hydrogens (tertiary/aromatic N) is 4. The maximum Gasteiger partial charge on any atom is 0.165 e. The van der Waals surface area contributed by atoms with E-state index in [-0.39, 0.29) is 11.9 Å². The summed E-state index contributed by atoms with van der Waals surface area (Å²) in [5.74, 6) is 1.26. The SMILES string of the molecule is CCC1NCCn2c(-c3cncc(F)c3)nnc21. The summed E-state index contributed by atoms with van der Waals surface area (Å²) < 4.78 is 15.2. The summed E-state index contributed by atoms with van der Waals surface area (Å²) in [6.07, 6.45) is 3.76. The van der Waals surface area contributed by atoms with E-state index in [0.29, 0.717) is 11.4 Å². The van der Waals surface area contributed by atoms with E-state index in [1.54, 1.807) is 6.20 Å². The Morgan fingerprint density at radius 1 is 1.44 bits per heavy atom. The van der Waals surface area contributed by atoms with Gasteiger partial charge in [-0.15, -0.1) is 10.2 Å². The molecule has 0 radical (unpaired) electrons. The zero-order valence-corrected chi connectivity index (χ0v) is 10.1. The first-order valence-electron chi connectivity index (χ1n) is 6.07. The monoisotopic (exact) mass is 247 g/mol. The molecule has 2 aromatic heterocycles. The van der Waals surface area contributed by atoms with E-state index < -0.39 is 0 Å². The summed E-state index contributed by atoms with van der Waals surface area (Å²) in [5, 5.41) is 11.8. The molecule has 3 heterocycles. The van der Waals surface area contributed by atoms with Gasteiger partial charge in [-0.3, -0.25) is 4.98 Å². The third kappa shape index (κ3) is 1.78. The van der Waals surface area contributed by atoms with Gasteiger partial charge in [-0.05, 0) is 12.5 Å². The number of halogens is 1. The molecule has 0 aliphatic carbocycles. The van der Waals surface area contributed by atoms with Gasteiger partial charge in [0.2, 0.25) is 0 Å². The molecule has 0 spiro atoms. The van der Waals surface area contributed by atoms with E-state index in [1.165, 1.54) is 12.3 Å². The summed E-state index contributed by atoms with van der Waals surface area (Å²) in [7, 11) is 0. The lowest BCUT2D eigenvalue weighted by Gasteiger charge is -2.23. The lowest BCUT2D eigenvalue weighted by atomic mass is 10.1. The van der Waals surface area contributed by atoms with Gasteiger partial charge >= 0.3 is 0 Å². The smallest absolute Gasteiger partial charge is 0.165 e. The van der Waals surface area contributed by atoms with Crippen LogP contribution in [-0.2, 0) is 6.54 Å². The summed E-state index contributed by atoms with van der Waals surface area (Å²) in [6.45, 7) is 3.77. The van der Waals surface area contributed by atoms with Crippen molar-refractivity contribution in [3.05, 3.63) is 30.1 Å². The molecule has 0 saturated heterocycles. The van der Waals surface area contributed by atoms with Gasteiger partial charge in [-0.2, -0.15) is 0 Å². The van der Waals surface area contributed by atoms with Crippen LogP contribution in [-0.4, -0.2) is 26.3 Å². The number of fused-ring (bicyclic) bond motifs is 1. The molecule has 0 fully saturated rings. The molecule has 0 amide bonds. The Labute approximate surface area is 104 Å². The lowest BCUT2D eigenvalue weighted by Crippen LogP contribution is -2.33. The van der Waals surface area contributed by atoms with Crippen LogP contribution < -0.4 is 5.32 Å². The van der Waals surface area contributed by atoms with Gasteiger partial charge in [0, 0.05) is 24.8 Å². The predicted octanol–water partition coefficient (Wildman–Crippen LogP) is 1.53. The topological polar surface area (TPSA) is 55.6 Å². The Kier molecular flexibility index (Phi) is 2.79. The van der Waals surface area contributed by atoms with Crippen molar-refractivity contribution in [2.24, 2.45) is 0 Å². The number of hydrogen-bond donors (Lipinski definition) is 1. The number of nitrogens with one attached hydrogen (secondary N) is 1. The highest BCUT2D eigenvalue weighted by Crippen LogP contribution is 2.24. The summed E-state index contributed by atoms with van der Waals surface area (Å²) in [5.41, 5.74) is 0.672. The summed E-state index contributed by atoms with van der Waals surface area (Å²) >= 11 is 0. The molecule has 6 heteroatoms. The van der Waals surface area contributed by atoms with Crippen molar-refractivity contribution >= 4 is 0 Å². The molecule has 0 bridgehead atoms. The van der Waals surface area contributed by atoms with Crippen molar-refractivity contribution in [1.82, 2.24) is 25.1 Å². The molecule has 94 valence electrons. The van der Waals surface area contributed by atoms with Crippen LogP contribution in [0.4, 0.5) is 4.39 Å². The van der Waals surface area contributed by atoms with Gasteiger partial charge in [0.25, 0.3) is 0 Å². The number of rotatable bonds is 2. The molecule has 0 aromatic carbocycles. The van der Waals surface area contributed by atoms with Gasteiger partial charge in [0.1, 0.15) is 5.82 Å². The molecule has 3 rings (SSSR count). The maximum absolute atomic E-state index is 13.2. The zero-order valence-electron chi connectivity index (χ0n) is 10.1. The van der Waals surface area contributed by atoms with Crippen molar-refractivity contribution < 1.29 is 4.39 Å². The molecule has 1 aliphatic heterocycles. The second-order valence-electron chi connectivity index (χ2n) is 4.34. The van der Waals surface area contributed by atoms with E-state index in [0.717, 1.165) is 25.3 Å². The average molecular weight is 247 g/mol. The molecule has 5 nitrogen and oxygen atoms in total. The maximum atomic E-state index is 13.2. The lowest BCUT2D eigenvalue weighted by molar-refractivity contribution is 0.407.